The third kappa shape index (κ3) is 1.48. The molecule has 0 aromatic heterocycles. The Morgan fingerprint density at radius 1 is 1.32 bits per heavy atom. The van der Waals surface area contributed by atoms with Gasteiger partial charge in [-0.05, 0) is 11.8 Å². The van der Waals surface area contributed by atoms with E-state index in [9.17, 15) is 19.1 Å². The maximum absolute atomic E-state index is 12.8. The number of Topliss-reactive ketones (excluding diaryl/α,β-unsaturated/α-hetero) is 1. The number of hydrogen-bond donors (Lipinski definition) is 0. The van der Waals surface area contributed by atoms with E-state index in [4.69, 9.17) is 0 Å². The Hall–Kier alpha value is -1.12. The molecule has 8 heteroatoms. The van der Waals surface area contributed by atoms with E-state index >= 15 is 0 Å². The maximum Gasteiger partial charge on any atom is 0.308 e. The van der Waals surface area contributed by atoms with Crippen LogP contribution in [0.15, 0.2) is 42.5 Å². The zero-order valence-corrected chi connectivity index (χ0v) is 13.9. The topological polar surface area (TPSA) is 77.3 Å². The van der Waals surface area contributed by atoms with Crippen LogP contribution < -0.4 is 0 Å². The molecule has 1 aromatic carbocycles. The minimum Gasteiger partial charge on any atom is -0.292 e. The number of fused-ring (bicyclic) bond motifs is 3. The van der Waals surface area contributed by atoms with Gasteiger partial charge in [-0.1, -0.05) is 42.5 Å². The number of hydrogen-bond acceptors (Lipinski definition) is 6. The Balaban J connectivity index is 1.81. The van der Waals surface area contributed by atoms with Crippen LogP contribution in [0.1, 0.15) is 10.4 Å². The van der Waals surface area contributed by atoms with Crippen LogP contribution in [0.3, 0.4) is 0 Å². The molecule has 2 heterocycles. The normalized spacial score (nSPS) is 42.0. The van der Waals surface area contributed by atoms with E-state index in [1.54, 1.807) is 48.7 Å². The molecule has 5 nitrogen and oxygen atoms in total. The van der Waals surface area contributed by atoms with Gasteiger partial charge in [0, 0.05) is 27.5 Å². The smallest absolute Gasteiger partial charge is 0.292 e. The molecule has 114 valence electrons. The Morgan fingerprint density at radius 3 is 2.59 bits per heavy atom. The summed E-state index contributed by atoms with van der Waals surface area (Å²) >= 11 is 2.42. The average molecular weight is 353 g/mol. The maximum atomic E-state index is 12.8. The molecular formula is C14H11NO4S3. The van der Waals surface area contributed by atoms with Gasteiger partial charge in [0.25, 0.3) is 0 Å². The van der Waals surface area contributed by atoms with Gasteiger partial charge in [-0.15, -0.1) is 11.8 Å². The Labute approximate surface area is 137 Å². The fourth-order valence-electron chi connectivity index (χ4n) is 3.16. The van der Waals surface area contributed by atoms with Crippen molar-refractivity contribution in [1.29, 1.82) is 0 Å². The van der Waals surface area contributed by atoms with Crippen LogP contribution in [0.4, 0.5) is 0 Å². The van der Waals surface area contributed by atoms with Gasteiger partial charge in [0.05, 0.1) is 0 Å². The third-order valence-corrected chi connectivity index (χ3v) is 10.2. The van der Waals surface area contributed by atoms with Gasteiger partial charge in [-0.25, -0.2) is 0 Å². The highest BCUT2D eigenvalue weighted by Crippen LogP contribution is 2.81. The minimum atomic E-state index is -1.38. The van der Waals surface area contributed by atoms with E-state index in [0.29, 0.717) is 5.56 Å². The highest BCUT2D eigenvalue weighted by atomic mass is 32.2. The summed E-state index contributed by atoms with van der Waals surface area (Å²) in [5.41, 5.74) is 0.471. The standard InChI is InChI=1S/C14H11NO4S3/c1-22(19)13-8-7-12(10(16)9-5-3-2-4-6-9)14(21-12,15(17)18)11(13)20-13/h2-8,11H,1H3. The lowest BCUT2D eigenvalue weighted by atomic mass is 9.84. The lowest BCUT2D eigenvalue weighted by Crippen LogP contribution is -2.47. The van der Waals surface area contributed by atoms with Crippen molar-refractivity contribution < 1.29 is 13.9 Å². The molecule has 0 amide bonds. The monoisotopic (exact) mass is 353 g/mol. The number of nitrogens with zero attached hydrogens (tertiary/aromatic N) is 1. The van der Waals surface area contributed by atoms with Crippen LogP contribution in [0.2, 0.25) is 0 Å². The minimum absolute atomic E-state index is 0.242. The molecule has 0 bridgehead atoms. The molecule has 2 saturated heterocycles. The molecule has 0 spiro atoms. The van der Waals surface area contributed by atoms with Crippen molar-refractivity contribution in [3.8, 4) is 0 Å². The summed E-state index contributed by atoms with van der Waals surface area (Å²) in [7, 11) is -1.21. The van der Waals surface area contributed by atoms with E-state index in [2.05, 4.69) is 0 Å². The first-order valence-electron chi connectivity index (χ1n) is 6.57. The second-order valence-corrected chi connectivity index (χ2v) is 10.2. The van der Waals surface area contributed by atoms with Gasteiger partial charge in [-0.3, -0.25) is 19.1 Å². The molecule has 0 saturated carbocycles. The fraction of sp³-hybridized carbons (Fsp3) is 0.357. The second kappa shape index (κ2) is 4.24. The molecule has 0 N–H and O–H groups in total. The van der Waals surface area contributed by atoms with Gasteiger partial charge < -0.3 is 0 Å². The van der Waals surface area contributed by atoms with Crippen molar-refractivity contribution in [3.05, 3.63) is 58.2 Å². The van der Waals surface area contributed by atoms with E-state index in [-0.39, 0.29) is 10.7 Å². The van der Waals surface area contributed by atoms with Gasteiger partial charge >= 0.3 is 4.87 Å². The number of carbonyl (C=O) groups excluding carboxylic acids is 1. The molecule has 4 rings (SSSR count). The molecule has 1 aromatic rings. The highest BCUT2D eigenvalue weighted by molar-refractivity contribution is 8.22. The van der Waals surface area contributed by atoms with E-state index in [1.807, 2.05) is 0 Å². The van der Waals surface area contributed by atoms with Gasteiger partial charge in [0.1, 0.15) is 9.33 Å². The largest absolute Gasteiger partial charge is 0.308 e. The van der Waals surface area contributed by atoms with E-state index < -0.39 is 29.7 Å². The van der Waals surface area contributed by atoms with Crippen LogP contribution in [-0.4, -0.2) is 40.1 Å². The van der Waals surface area contributed by atoms with Crippen LogP contribution in [0.5, 0.6) is 0 Å². The quantitative estimate of drug-likeness (QED) is 0.271. The van der Waals surface area contributed by atoms with Gasteiger partial charge in [0.2, 0.25) is 0 Å². The number of carbonyl (C=O) groups is 1. The first-order valence-corrected chi connectivity index (χ1v) is 9.82. The van der Waals surface area contributed by atoms with Crippen LogP contribution in [0, 0.1) is 10.1 Å². The summed E-state index contributed by atoms with van der Waals surface area (Å²) in [6.07, 6.45) is 4.93. The summed E-state index contributed by atoms with van der Waals surface area (Å²) in [6.45, 7) is 0. The van der Waals surface area contributed by atoms with E-state index in [1.165, 1.54) is 11.8 Å². The highest BCUT2D eigenvalue weighted by Gasteiger charge is 2.94. The predicted molar refractivity (Wildman–Crippen MR) is 88.1 cm³/mol. The molecule has 1 aliphatic carbocycles. The molecule has 5 atom stereocenters. The van der Waals surface area contributed by atoms with Crippen LogP contribution >= 0.6 is 23.5 Å². The Kier molecular flexibility index (Phi) is 2.79. The van der Waals surface area contributed by atoms with Crippen molar-refractivity contribution in [2.24, 2.45) is 0 Å². The van der Waals surface area contributed by atoms with Gasteiger partial charge in [-0.2, -0.15) is 0 Å². The summed E-state index contributed by atoms with van der Waals surface area (Å²) in [5.74, 6) is -0.242. The molecule has 5 unspecified atom stereocenters. The zero-order valence-electron chi connectivity index (χ0n) is 11.4. The molecular weight excluding hydrogens is 342 g/mol. The van der Waals surface area contributed by atoms with Crippen LogP contribution in [0.25, 0.3) is 0 Å². The second-order valence-electron chi connectivity index (χ2n) is 5.49. The molecule has 2 fully saturated rings. The summed E-state index contributed by atoms with van der Waals surface area (Å²) in [6, 6.07) is 8.64. The van der Waals surface area contributed by atoms with Crippen molar-refractivity contribution in [1.82, 2.24) is 0 Å². The Bertz CT molecular complexity index is 767. The third-order valence-electron chi connectivity index (χ3n) is 4.42. The molecule has 3 aliphatic rings. The fourth-order valence-corrected chi connectivity index (χ4v) is 8.27. The number of rotatable bonds is 4. The van der Waals surface area contributed by atoms with Crippen molar-refractivity contribution in [2.75, 3.05) is 6.26 Å². The van der Waals surface area contributed by atoms with Crippen molar-refractivity contribution >= 4 is 40.1 Å². The number of thioether (sulfide) groups is 2. The number of nitro groups is 1. The number of ketones is 1. The summed E-state index contributed by atoms with van der Waals surface area (Å²) in [5, 5.41) is 11.3. The first kappa shape index (κ1) is 14.5. The number of benzene rings is 1. The predicted octanol–water partition coefficient (Wildman–Crippen LogP) is 2.09. The zero-order chi connectivity index (χ0) is 15.8. The first-order chi connectivity index (χ1) is 10.4. The van der Waals surface area contributed by atoms with E-state index in [0.717, 1.165) is 11.8 Å². The summed E-state index contributed by atoms with van der Waals surface area (Å²) in [4.78, 5) is 22.9. The molecule has 2 aliphatic heterocycles. The average Bonchev–Trinajstić information content (AvgIpc) is 3.37. The Morgan fingerprint density at radius 2 is 2.00 bits per heavy atom. The summed E-state index contributed by atoms with van der Waals surface area (Å²) < 4.78 is 10.1. The van der Waals surface area contributed by atoms with Gasteiger partial charge in [0.15, 0.2) is 10.5 Å². The lowest BCUT2D eigenvalue weighted by Gasteiger charge is -2.19. The lowest BCUT2D eigenvalue weighted by molar-refractivity contribution is -0.526. The van der Waals surface area contributed by atoms with Crippen molar-refractivity contribution in [3.63, 3.8) is 0 Å². The van der Waals surface area contributed by atoms with Crippen molar-refractivity contribution in [2.45, 2.75) is 18.9 Å². The molecule has 0 radical (unpaired) electrons. The SMILES string of the molecule is CS(=O)C12C=CC3(C(=O)c4ccccc4)SC3([N+](=O)[O-])C1S2. The van der Waals surface area contributed by atoms with Crippen LogP contribution in [-0.2, 0) is 10.8 Å². The molecule has 22 heavy (non-hydrogen) atoms.